The van der Waals surface area contributed by atoms with Crippen LogP contribution >= 0.6 is 0 Å². The fraction of sp³-hybridized carbons (Fsp3) is 0.417. The summed E-state index contributed by atoms with van der Waals surface area (Å²) in [7, 11) is 0. The van der Waals surface area contributed by atoms with Crippen molar-refractivity contribution in [2.45, 2.75) is 30.3 Å². The molecule has 0 aromatic carbocycles. The van der Waals surface area contributed by atoms with Gasteiger partial charge in [0.1, 0.15) is 0 Å². The van der Waals surface area contributed by atoms with Gasteiger partial charge in [-0.1, -0.05) is 6.92 Å². The first kappa shape index (κ1) is 27.1. The molecule has 25 N–H and O–H groups in total. The third-order valence-electron chi connectivity index (χ3n) is 3.70. The number of guanidine groups is 6. The van der Waals surface area contributed by atoms with Gasteiger partial charge in [0, 0.05) is 0 Å². The molecule has 0 heterocycles. The van der Waals surface area contributed by atoms with Gasteiger partial charge in [-0.15, -0.1) is 0 Å². The smallest absolute Gasteiger partial charge is 0.359 e. The standard InChI is InChI=1S/C12H30N18O2/c1-2-10(25-4(13)14,26-5(15)16)12(29-8(21)22,30-9(23)24)11(3(31)32,27-6(17)18)28-7(19)20/h2H2,1H3,(H,31,32)(H4,13,14,25)(H4,15,16,26)(H4,17,18,27)(H4,19,20,28)(H4,21,22,29)(H4,23,24,30). The lowest BCUT2D eigenvalue weighted by Gasteiger charge is -2.47. The SMILES string of the molecule is CCC(N=C(N)N)(NC(=N)N)C(N=C(N)N)(N=C(N)N)C(N=C(N)N)(N=C(N)N)C(=O)O. The van der Waals surface area contributed by atoms with Gasteiger partial charge in [-0.25, -0.2) is 29.8 Å². The van der Waals surface area contributed by atoms with Crippen LogP contribution < -0.4 is 68.4 Å². The number of carbonyl (C=O) groups is 1. The molecule has 0 aliphatic rings. The normalized spacial score (nSPS) is 12.8. The van der Waals surface area contributed by atoms with E-state index in [0.29, 0.717) is 0 Å². The van der Waals surface area contributed by atoms with Crippen molar-refractivity contribution in [2.75, 3.05) is 0 Å². The first-order valence-corrected chi connectivity index (χ1v) is 8.40. The summed E-state index contributed by atoms with van der Waals surface area (Å²) in [6, 6.07) is 0. The third kappa shape index (κ3) is 5.37. The van der Waals surface area contributed by atoms with Gasteiger partial charge in [0.05, 0.1) is 0 Å². The van der Waals surface area contributed by atoms with E-state index in [1.807, 2.05) is 0 Å². The molecule has 0 rings (SSSR count). The fourth-order valence-corrected chi connectivity index (χ4v) is 2.88. The third-order valence-corrected chi connectivity index (χ3v) is 3.70. The molecule has 0 spiro atoms. The van der Waals surface area contributed by atoms with Crippen molar-refractivity contribution in [3.63, 3.8) is 0 Å². The van der Waals surface area contributed by atoms with Crippen LogP contribution in [0.5, 0.6) is 0 Å². The zero-order valence-corrected chi connectivity index (χ0v) is 17.1. The lowest BCUT2D eigenvalue weighted by molar-refractivity contribution is -0.147. The van der Waals surface area contributed by atoms with Gasteiger partial charge in [0.25, 0.3) is 5.66 Å². The Labute approximate surface area is 181 Å². The van der Waals surface area contributed by atoms with E-state index in [2.05, 4.69) is 30.3 Å². The molecule has 0 radical (unpaired) electrons. The Hall–Kier alpha value is -4.91. The van der Waals surface area contributed by atoms with Crippen molar-refractivity contribution in [1.29, 1.82) is 5.41 Å². The summed E-state index contributed by atoms with van der Waals surface area (Å²) in [6.45, 7) is 1.40. The summed E-state index contributed by atoms with van der Waals surface area (Å²) < 4.78 is 0. The molecule has 20 heteroatoms. The van der Waals surface area contributed by atoms with Crippen LogP contribution in [0.25, 0.3) is 0 Å². The summed E-state index contributed by atoms with van der Waals surface area (Å²) in [6.07, 6.45) is -0.354. The van der Waals surface area contributed by atoms with Crippen LogP contribution in [0.4, 0.5) is 0 Å². The maximum absolute atomic E-state index is 12.7. The van der Waals surface area contributed by atoms with Gasteiger partial charge >= 0.3 is 11.6 Å². The minimum Gasteiger partial charge on any atom is -0.478 e. The highest BCUT2D eigenvalue weighted by Crippen LogP contribution is 2.45. The predicted octanol–water partition coefficient (Wildman–Crippen LogP) is -7.58. The van der Waals surface area contributed by atoms with E-state index >= 15 is 0 Å². The second-order valence-electron chi connectivity index (χ2n) is 6.09. The molecule has 32 heavy (non-hydrogen) atoms. The topological polar surface area (TPSA) is 421 Å². The molecule has 1 atom stereocenters. The highest BCUT2D eigenvalue weighted by molar-refractivity contribution is 5.92. The minimum absolute atomic E-state index is 0.354. The number of rotatable bonds is 10. The summed E-state index contributed by atoms with van der Waals surface area (Å²) in [4.78, 5) is 31.7. The Morgan fingerprint density at radius 3 is 1.31 bits per heavy atom. The fourth-order valence-electron chi connectivity index (χ4n) is 2.88. The van der Waals surface area contributed by atoms with Crippen LogP contribution in [0.3, 0.4) is 0 Å². The van der Waals surface area contributed by atoms with E-state index in [4.69, 9.17) is 68.5 Å². The Morgan fingerprint density at radius 1 is 0.750 bits per heavy atom. The quantitative estimate of drug-likeness (QED) is 0.107. The monoisotopic (exact) mass is 458 g/mol. The molecule has 0 aliphatic heterocycles. The lowest BCUT2D eigenvalue weighted by atomic mass is 9.79. The van der Waals surface area contributed by atoms with Crippen molar-refractivity contribution in [3.05, 3.63) is 0 Å². The number of hydrogen-bond donors (Lipinski definition) is 14. The van der Waals surface area contributed by atoms with Gasteiger partial charge in [0.15, 0.2) is 41.4 Å². The number of carboxylic acids is 1. The Kier molecular flexibility index (Phi) is 8.23. The number of hydrogen-bond acceptors (Lipinski definition) is 7. The second kappa shape index (κ2) is 9.73. The average Bonchev–Trinajstić information content (AvgIpc) is 2.56. The van der Waals surface area contributed by atoms with Gasteiger partial charge in [-0.05, 0) is 6.42 Å². The maximum Gasteiger partial charge on any atom is 0.359 e. The Morgan fingerprint density at radius 2 is 1.09 bits per heavy atom. The summed E-state index contributed by atoms with van der Waals surface area (Å²) >= 11 is 0. The molecule has 0 saturated heterocycles. The number of nitrogens with two attached hydrogens (primary N) is 11. The van der Waals surface area contributed by atoms with Gasteiger partial charge in [-0.3, -0.25) is 5.41 Å². The molecule has 0 aromatic heterocycles. The predicted molar refractivity (Wildman–Crippen MR) is 120 cm³/mol. The van der Waals surface area contributed by atoms with Crippen molar-refractivity contribution in [1.82, 2.24) is 5.32 Å². The van der Waals surface area contributed by atoms with E-state index in [1.165, 1.54) is 6.92 Å². The van der Waals surface area contributed by atoms with Gasteiger partial charge in [0.2, 0.25) is 0 Å². The lowest BCUT2D eigenvalue weighted by Crippen LogP contribution is -2.74. The Balaban J connectivity index is 8.54. The highest BCUT2D eigenvalue weighted by Gasteiger charge is 2.71. The van der Waals surface area contributed by atoms with Crippen LogP contribution in [-0.4, -0.2) is 63.8 Å². The number of carboxylic acid groups (broad SMARTS) is 1. The molecule has 0 aliphatic carbocycles. The first-order valence-electron chi connectivity index (χ1n) is 8.40. The molecule has 0 amide bonds. The molecule has 180 valence electrons. The van der Waals surface area contributed by atoms with Gasteiger partial charge in [-0.2, -0.15) is 0 Å². The maximum atomic E-state index is 12.7. The summed E-state index contributed by atoms with van der Waals surface area (Å²) in [5, 5.41) is 20.3. The molecular formula is C12H30N18O2. The van der Waals surface area contributed by atoms with Crippen LogP contribution in [-0.2, 0) is 4.79 Å². The van der Waals surface area contributed by atoms with Crippen LogP contribution in [0, 0.1) is 5.41 Å². The molecule has 0 bridgehead atoms. The number of aliphatic imine (C=N–C) groups is 5. The van der Waals surface area contributed by atoms with Crippen molar-refractivity contribution >= 4 is 41.7 Å². The molecule has 0 fully saturated rings. The number of nitrogens with zero attached hydrogens (tertiary/aromatic N) is 5. The van der Waals surface area contributed by atoms with Crippen molar-refractivity contribution in [3.8, 4) is 0 Å². The van der Waals surface area contributed by atoms with Gasteiger partial charge < -0.3 is 73.5 Å². The van der Waals surface area contributed by atoms with E-state index in [1.54, 1.807) is 0 Å². The summed E-state index contributed by atoms with van der Waals surface area (Å²) in [5.41, 5.74) is 52.2. The van der Waals surface area contributed by atoms with E-state index in [0.717, 1.165) is 0 Å². The molecule has 20 nitrogen and oxygen atoms in total. The van der Waals surface area contributed by atoms with Crippen LogP contribution in [0.1, 0.15) is 13.3 Å². The average molecular weight is 458 g/mol. The van der Waals surface area contributed by atoms with E-state index in [-0.39, 0.29) is 6.42 Å². The number of aliphatic carboxylic acids is 1. The first-order chi connectivity index (χ1) is 14.5. The van der Waals surface area contributed by atoms with Crippen LogP contribution in [0.2, 0.25) is 0 Å². The van der Waals surface area contributed by atoms with E-state index < -0.39 is 58.7 Å². The zero-order chi connectivity index (χ0) is 25.5. The van der Waals surface area contributed by atoms with Crippen molar-refractivity contribution < 1.29 is 9.90 Å². The molecule has 0 saturated carbocycles. The highest BCUT2D eigenvalue weighted by atomic mass is 16.4. The molecular weight excluding hydrogens is 428 g/mol. The van der Waals surface area contributed by atoms with Crippen LogP contribution in [0.15, 0.2) is 25.0 Å². The minimum atomic E-state index is -3.16. The number of nitrogens with one attached hydrogen (secondary N) is 2. The second-order valence-corrected chi connectivity index (χ2v) is 6.09. The Bertz CT molecular complexity index is 830. The molecule has 1 unspecified atom stereocenters. The van der Waals surface area contributed by atoms with Crippen molar-refractivity contribution in [2.24, 2.45) is 88.0 Å². The van der Waals surface area contributed by atoms with E-state index in [9.17, 15) is 9.90 Å². The zero-order valence-electron chi connectivity index (χ0n) is 17.1. The summed E-state index contributed by atoms with van der Waals surface area (Å²) in [5.74, 6) is -6.80. The largest absolute Gasteiger partial charge is 0.478 e. The molecule has 0 aromatic rings.